The number of anilines is 2. The molecule has 0 saturated carbocycles. The zero-order chi connectivity index (χ0) is 30.1. The lowest BCUT2D eigenvalue weighted by Crippen LogP contribution is -2.39. The van der Waals surface area contributed by atoms with Crippen molar-refractivity contribution in [2.24, 2.45) is 5.10 Å². The van der Waals surface area contributed by atoms with Crippen LogP contribution in [0, 0.1) is 19.7 Å². The number of aryl methyl sites for hydroxylation is 2. The first kappa shape index (κ1) is 29.9. The number of benzene rings is 4. The molecule has 0 aliphatic carbocycles. The van der Waals surface area contributed by atoms with E-state index in [1.54, 1.807) is 36.4 Å². The van der Waals surface area contributed by atoms with Crippen molar-refractivity contribution in [1.82, 2.24) is 5.43 Å². The normalized spacial score (nSPS) is 11.2. The molecule has 9 nitrogen and oxygen atoms in total. The van der Waals surface area contributed by atoms with Gasteiger partial charge in [-0.2, -0.15) is 5.10 Å². The number of hydrazone groups is 1. The molecule has 0 saturated heterocycles. The maximum atomic E-state index is 13.5. The van der Waals surface area contributed by atoms with Gasteiger partial charge in [0.15, 0.2) is 6.61 Å². The highest BCUT2D eigenvalue weighted by Gasteiger charge is 2.27. The van der Waals surface area contributed by atoms with Gasteiger partial charge in [-0.05, 0) is 92.2 Å². The molecule has 216 valence electrons. The molecular weight excluding hydrogens is 559 g/mol. The fourth-order valence-corrected chi connectivity index (χ4v) is 5.16. The number of carbonyl (C=O) groups excluding carboxylic acids is 2. The van der Waals surface area contributed by atoms with Gasteiger partial charge < -0.3 is 10.1 Å². The third-order valence-corrected chi connectivity index (χ3v) is 7.79. The van der Waals surface area contributed by atoms with E-state index in [-0.39, 0.29) is 23.1 Å². The highest BCUT2D eigenvalue weighted by molar-refractivity contribution is 7.92. The highest BCUT2D eigenvalue weighted by Crippen LogP contribution is 2.24. The second-order valence-electron chi connectivity index (χ2n) is 9.37. The Bertz CT molecular complexity index is 1660. The van der Waals surface area contributed by atoms with E-state index in [9.17, 15) is 22.4 Å². The Hall–Kier alpha value is -5.03. The van der Waals surface area contributed by atoms with Gasteiger partial charge >= 0.3 is 0 Å². The van der Waals surface area contributed by atoms with E-state index < -0.39 is 28.3 Å². The monoisotopic (exact) mass is 588 g/mol. The zero-order valence-corrected chi connectivity index (χ0v) is 23.8. The molecule has 11 heteroatoms. The maximum absolute atomic E-state index is 13.5. The lowest BCUT2D eigenvalue weighted by Gasteiger charge is -2.23. The maximum Gasteiger partial charge on any atom is 0.264 e. The summed E-state index contributed by atoms with van der Waals surface area (Å²) in [6.07, 6.45) is 1.38. The molecule has 4 aromatic carbocycles. The Morgan fingerprint density at radius 3 is 2.05 bits per heavy atom. The topological polar surface area (TPSA) is 117 Å². The number of amides is 2. The van der Waals surface area contributed by atoms with Gasteiger partial charge in [0.25, 0.3) is 21.8 Å². The summed E-state index contributed by atoms with van der Waals surface area (Å²) < 4.78 is 46.7. The molecule has 0 fully saturated rings. The van der Waals surface area contributed by atoms with E-state index in [1.807, 2.05) is 38.1 Å². The molecule has 4 aromatic rings. The van der Waals surface area contributed by atoms with Gasteiger partial charge in [0.1, 0.15) is 18.1 Å². The summed E-state index contributed by atoms with van der Waals surface area (Å²) >= 11 is 0. The summed E-state index contributed by atoms with van der Waals surface area (Å²) in [5.41, 5.74) is 5.71. The van der Waals surface area contributed by atoms with Gasteiger partial charge in [0.2, 0.25) is 0 Å². The third kappa shape index (κ3) is 8.24. The van der Waals surface area contributed by atoms with Crippen molar-refractivity contribution in [3.63, 3.8) is 0 Å². The number of sulfonamides is 1. The number of rotatable bonds is 11. The fourth-order valence-electron chi connectivity index (χ4n) is 3.74. The van der Waals surface area contributed by atoms with Gasteiger partial charge in [-0.1, -0.05) is 35.4 Å². The molecule has 0 atom stereocenters. The fraction of sp³-hybridized carbons (Fsp3) is 0.129. The van der Waals surface area contributed by atoms with Gasteiger partial charge in [-0.3, -0.25) is 13.9 Å². The number of hydrogen-bond donors (Lipinski definition) is 2. The molecule has 0 heterocycles. The molecule has 2 amide bonds. The van der Waals surface area contributed by atoms with Crippen LogP contribution >= 0.6 is 0 Å². The van der Waals surface area contributed by atoms with E-state index in [0.29, 0.717) is 17.0 Å². The summed E-state index contributed by atoms with van der Waals surface area (Å²) in [6, 6.07) is 25.1. The van der Waals surface area contributed by atoms with Gasteiger partial charge in [0.05, 0.1) is 16.8 Å². The Balaban J connectivity index is 1.34. The average Bonchev–Trinajstić information content (AvgIpc) is 2.97. The molecular formula is C31H29FN4O5S. The van der Waals surface area contributed by atoms with Crippen LogP contribution in [-0.4, -0.2) is 39.6 Å². The Kier molecular flexibility index (Phi) is 9.66. The van der Waals surface area contributed by atoms with E-state index in [4.69, 9.17) is 4.74 Å². The van der Waals surface area contributed by atoms with Crippen molar-refractivity contribution in [2.75, 3.05) is 22.8 Å². The van der Waals surface area contributed by atoms with Crippen LogP contribution in [0.1, 0.15) is 16.7 Å². The number of carbonyl (C=O) groups is 2. The van der Waals surface area contributed by atoms with E-state index in [1.165, 1.54) is 30.5 Å². The molecule has 2 N–H and O–H groups in total. The van der Waals surface area contributed by atoms with E-state index in [0.717, 1.165) is 27.6 Å². The van der Waals surface area contributed by atoms with Crippen molar-refractivity contribution < 1.29 is 27.1 Å². The predicted molar refractivity (Wildman–Crippen MR) is 160 cm³/mol. The van der Waals surface area contributed by atoms with Crippen molar-refractivity contribution in [3.05, 3.63) is 120 Å². The van der Waals surface area contributed by atoms with Crippen molar-refractivity contribution in [3.8, 4) is 5.75 Å². The van der Waals surface area contributed by atoms with Crippen molar-refractivity contribution in [1.29, 1.82) is 0 Å². The number of nitrogens with zero attached hydrogens (tertiary/aromatic N) is 2. The zero-order valence-electron chi connectivity index (χ0n) is 23.0. The van der Waals surface area contributed by atoms with Gasteiger partial charge in [0, 0.05) is 5.69 Å². The summed E-state index contributed by atoms with van der Waals surface area (Å²) in [4.78, 5) is 24.8. The van der Waals surface area contributed by atoms with E-state index >= 15 is 0 Å². The largest absolute Gasteiger partial charge is 0.484 e. The Labute approximate surface area is 243 Å². The first-order valence-electron chi connectivity index (χ1n) is 12.9. The molecule has 0 radical (unpaired) electrons. The number of ether oxygens (including phenoxy) is 1. The van der Waals surface area contributed by atoms with Crippen LogP contribution in [0.15, 0.2) is 107 Å². The first-order chi connectivity index (χ1) is 20.1. The second-order valence-corrected chi connectivity index (χ2v) is 11.2. The lowest BCUT2D eigenvalue weighted by molar-refractivity contribution is -0.119. The second kappa shape index (κ2) is 13.6. The minimum atomic E-state index is -4.14. The molecule has 0 bridgehead atoms. The summed E-state index contributed by atoms with van der Waals surface area (Å²) in [7, 11) is -4.14. The molecule has 0 unspecified atom stereocenters. The minimum absolute atomic E-state index is 0.0105. The Morgan fingerprint density at radius 1 is 0.833 bits per heavy atom. The summed E-state index contributed by atoms with van der Waals surface area (Å²) in [6.45, 7) is 3.03. The van der Waals surface area contributed by atoms with Crippen molar-refractivity contribution >= 4 is 39.4 Å². The highest BCUT2D eigenvalue weighted by atomic mass is 32.2. The number of nitrogens with one attached hydrogen (secondary N) is 2. The molecule has 42 heavy (non-hydrogen) atoms. The smallest absolute Gasteiger partial charge is 0.264 e. The summed E-state index contributed by atoms with van der Waals surface area (Å²) in [5.74, 6) is -1.08. The van der Waals surface area contributed by atoms with Gasteiger partial charge in [-0.15, -0.1) is 0 Å². The van der Waals surface area contributed by atoms with Crippen LogP contribution < -0.4 is 19.8 Å². The van der Waals surface area contributed by atoms with Crippen LogP contribution in [-0.2, 0) is 19.6 Å². The lowest BCUT2D eigenvalue weighted by atomic mass is 10.2. The molecule has 0 spiro atoms. The van der Waals surface area contributed by atoms with E-state index in [2.05, 4.69) is 15.8 Å². The van der Waals surface area contributed by atoms with Crippen molar-refractivity contribution in [2.45, 2.75) is 18.7 Å². The quantitative estimate of drug-likeness (QED) is 0.193. The number of halogens is 1. The van der Waals surface area contributed by atoms with Crippen LogP contribution in [0.25, 0.3) is 0 Å². The van der Waals surface area contributed by atoms with Crippen LogP contribution in [0.4, 0.5) is 15.8 Å². The Morgan fingerprint density at radius 2 is 1.43 bits per heavy atom. The molecule has 0 aliphatic rings. The van der Waals surface area contributed by atoms with Crippen LogP contribution in [0.2, 0.25) is 0 Å². The van der Waals surface area contributed by atoms with Crippen LogP contribution in [0.3, 0.4) is 0 Å². The standard InChI is InChI=1S/C31H29FN4O5S/c1-22-3-11-26(12-4-22)34-31(38)21-41-28-15-7-24(8-16-28)19-33-35-30(37)20-36(27-13-9-25(32)10-14-27)42(39,40)29-17-5-23(2)6-18-29/h3-19H,20-21H2,1-2H3,(H,34,38)(H,35,37)/b33-19-. The van der Waals surface area contributed by atoms with Crippen LogP contribution in [0.5, 0.6) is 5.75 Å². The number of hydrogen-bond acceptors (Lipinski definition) is 6. The average molecular weight is 589 g/mol. The molecule has 4 rings (SSSR count). The predicted octanol–water partition coefficient (Wildman–Crippen LogP) is 4.81. The molecule has 0 aliphatic heterocycles. The SMILES string of the molecule is Cc1ccc(NC(=O)COc2ccc(/C=N\NC(=O)CN(c3ccc(F)cc3)S(=O)(=O)c3ccc(C)cc3)cc2)cc1. The molecule has 0 aromatic heterocycles. The van der Waals surface area contributed by atoms with Gasteiger partial charge in [-0.25, -0.2) is 18.2 Å². The third-order valence-electron chi connectivity index (χ3n) is 6.00. The minimum Gasteiger partial charge on any atom is -0.484 e. The summed E-state index contributed by atoms with van der Waals surface area (Å²) in [5, 5.41) is 6.67. The first-order valence-corrected chi connectivity index (χ1v) is 14.3.